The van der Waals surface area contributed by atoms with Gasteiger partial charge < -0.3 is 14.9 Å². The molecule has 1 aliphatic rings. The number of benzene rings is 2. The van der Waals surface area contributed by atoms with E-state index in [-0.39, 0.29) is 11.3 Å². The maximum atomic E-state index is 6.42. The molecule has 6 heteroatoms. The Morgan fingerprint density at radius 2 is 1.83 bits per heavy atom. The third-order valence-electron chi connectivity index (χ3n) is 6.54. The Morgan fingerprint density at radius 3 is 2.47 bits per heavy atom. The van der Waals surface area contributed by atoms with Gasteiger partial charge in [0.05, 0.1) is 11.7 Å². The maximum absolute atomic E-state index is 6.42. The van der Waals surface area contributed by atoms with E-state index < -0.39 is 8.32 Å². The minimum Gasteiger partial charge on any atom is -0.544 e. The fourth-order valence-electron chi connectivity index (χ4n) is 3.65. The minimum absolute atomic E-state index is 0.00809. The first-order valence-corrected chi connectivity index (χ1v) is 13.7. The molecule has 5 nitrogen and oxygen atoms in total. The van der Waals surface area contributed by atoms with Gasteiger partial charge in [0.2, 0.25) is 8.32 Å². The first kappa shape index (κ1) is 20.9. The molecule has 1 fully saturated rings. The number of hydrogen-bond donors (Lipinski definition) is 1. The fraction of sp³-hybridized carbons (Fsp3) is 0.458. The summed E-state index contributed by atoms with van der Waals surface area (Å²) in [7, 11) is -1.85. The largest absolute Gasteiger partial charge is 0.544 e. The summed E-state index contributed by atoms with van der Waals surface area (Å²) >= 11 is 0. The molecule has 1 aromatic heterocycles. The van der Waals surface area contributed by atoms with Gasteiger partial charge in [-0.2, -0.15) is 5.10 Å². The smallest absolute Gasteiger partial charge is 0.250 e. The van der Waals surface area contributed by atoms with Crippen LogP contribution in [0.15, 0.2) is 42.6 Å². The van der Waals surface area contributed by atoms with Crippen molar-refractivity contribution >= 4 is 24.9 Å². The van der Waals surface area contributed by atoms with Gasteiger partial charge in [-0.1, -0.05) is 32.9 Å². The van der Waals surface area contributed by atoms with Crippen molar-refractivity contribution in [1.82, 2.24) is 9.78 Å². The zero-order valence-corrected chi connectivity index (χ0v) is 19.7. The van der Waals surface area contributed by atoms with Crippen LogP contribution in [-0.4, -0.2) is 24.7 Å². The molecule has 0 aliphatic carbocycles. The quantitative estimate of drug-likeness (QED) is 0.391. The summed E-state index contributed by atoms with van der Waals surface area (Å²) < 4.78 is 14.4. The number of nitrogens with two attached hydrogens (primary N) is 1. The molecule has 1 saturated heterocycles. The highest BCUT2D eigenvalue weighted by Crippen LogP contribution is 2.38. The highest BCUT2D eigenvalue weighted by Gasteiger charge is 2.38. The van der Waals surface area contributed by atoms with Gasteiger partial charge in [0.15, 0.2) is 6.23 Å². The minimum atomic E-state index is -1.85. The summed E-state index contributed by atoms with van der Waals surface area (Å²) in [5, 5.41) is 5.74. The average molecular weight is 424 g/mol. The van der Waals surface area contributed by atoms with E-state index in [1.54, 1.807) is 0 Å². The summed E-state index contributed by atoms with van der Waals surface area (Å²) in [5.74, 6) is 0.931. The summed E-state index contributed by atoms with van der Waals surface area (Å²) in [6, 6.07) is 12.6. The molecule has 2 aromatic carbocycles. The fourth-order valence-corrected chi connectivity index (χ4v) is 4.68. The Labute approximate surface area is 180 Å². The monoisotopic (exact) mass is 423 g/mol. The SMILES string of the molecule is CC(C)(C)[Si](C)(C)Oc1ccc(-c2cc(N)c3cnn(C4CCCCO4)c3c2)cc1. The van der Waals surface area contributed by atoms with Crippen LogP contribution in [0.2, 0.25) is 18.1 Å². The number of fused-ring (bicyclic) bond motifs is 1. The number of hydrogen-bond acceptors (Lipinski definition) is 4. The molecular formula is C24H33N3O2Si. The van der Waals surface area contributed by atoms with Crippen molar-refractivity contribution in [3.05, 3.63) is 42.6 Å². The average Bonchev–Trinajstić information content (AvgIpc) is 3.13. The summed E-state index contributed by atoms with van der Waals surface area (Å²) in [4.78, 5) is 0. The number of rotatable bonds is 4. The molecule has 0 amide bonds. The van der Waals surface area contributed by atoms with Gasteiger partial charge in [-0.05, 0) is 72.8 Å². The molecule has 4 rings (SSSR count). The third kappa shape index (κ3) is 3.98. The maximum Gasteiger partial charge on any atom is 0.250 e. The van der Waals surface area contributed by atoms with Crippen molar-refractivity contribution in [2.45, 2.75) is 64.4 Å². The van der Waals surface area contributed by atoms with Gasteiger partial charge in [0.25, 0.3) is 0 Å². The molecule has 1 aliphatic heterocycles. The second-order valence-corrected chi connectivity index (χ2v) is 14.5. The molecule has 2 N–H and O–H groups in total. The molecule has 0 bridgehead atoms. The summed E-state index contributed by atoms with van der Waals surface area (Å²) in [6.45, 7) is 12.1. The number of ether oxygens (including phenoxy) is 1. The van der Waals surface area contributed by atoms with Crippen LogP contribution in [0.5, 0.6) is 5.75 Å². The van der Waals surface area contributed by atoms with Crippen LogP contribution in [0.4, 0.5) is 5.69 Å². The van der Waals surface area contributed by atoms with E-state index in [9.17, 15) is 0 Å². The van der Waals surface area contributed by atoms with E-state index in [1.807, 2.05) is 16.9 Å². The Morgan fingerprint density at radius 1 is 1.10 bits per heavy atom. The molecule has 30 heavy (non-hydrogen) atoms. The number of anilines is 1. The highest BCUT2D eigenvalue weighted by molar-refractivity contribution is 6.74. The van der Waals surface area contributed by atoms with E-state index in [0.717, 1.165) is 59.3 Å². The van der Waals surface area contributed by atoms with Crippen LogP contribution >= 0.6 is 0 Å². The molecule has 1 unspecified atom stereocenters. The van der Waals surface area contributed by atoms with Crippen LogP contribution in [0, 0.1) is 0 Å². The van der Waals surface area contributed by atoms with Gasteiger partial charge in [-0.25, -0.2) is 4.68 Å². The standard InChI is InChI=1S/C24H33N3O2Si/c1-24(2,3)30(4,5)29-19-11-9-17(10-12-19)18-14-21(25)20-16-26-27(22(20)15-18)23-8-6-7-13-28-23/h9-12,14-16,23H,6-8,13,25H2,1-5H3. The van der Waals surface area contributed by atoms with Crippen molar-refractivity contribution in [2.24, 2.45) is 0 Å². The van der Waals surface area contributed by atoms with Crippen molar-refractivity contribution in [2.75, 3.05) is 12.3 Å². The number of nitrogen functional groups attached to an aromatic ring is 1. The van der Waals surface area contributed by atoms with Crippen LogP contribution in [0.3, 0.4) is 0 Å². The lowest BCUT2D eigenvalue weighted by Crippen LogP contribution is -2.43. The molecule has 0 spiro atoms. The zero-order valence-electron chi connectivity index (χ0n) is 18.7. The summed E-state index contributed by atoms with van der Waals surface area (Å²) in [6.07, 6.45) is 5.11. The Bertz CT molecular complexity index is 1030. The van der Waals surface area contributed by atoms with Crippen molar-refractivity contribution in [1.29, 1.82) is 0 Å². The van der Waals surface area contributed by atoms with E-state index >= 15 is 0 Å². The normalized spacial score (nSPS) is 18.0. The molecular weight excluding hydrogens is 390 g/mol. The van der Waals surface area contributed by atoms with E-state index in [4.69, 9.17) is 14.9 Å². The second kappa shape index (κ2) is 7.74. The Balaban J connectivity index is 1.64. The van der Waals surface area contributed by atoms with Gasteiger partial charge in [0, 0.05) is 17.7 Å². The van der Waals surface area contributed by atoms with Crippen LogP contribution in [0.1, 0.15) is 46.3 Å². The van der Waals surface area contributed by atoms with E-state index in [0.29, 0.717) is 0 Å². The molecule has 160 valence electrons. The number of nitrogens with zero attached hydrogens (tertiary/aromatic N) is 2. The van der Waals surface area contributed by atoms with E-state index in [1.165, 1.54) is 0 Å². The summed E-state index contributed by atoms with van der Waals surface area (Å²) in [5.41, 5.74) is 10.3. The van der Waals surface area contributed by atoms with Crippen molar-refractivity contribution < 1.29 is 9.16 Å². The first-order valence-electron chi connectivity index (χ1n) is 10.8. The van der Waals surface area contributed by atoms with E-state index in [2.05, 4.69) is 69.3 Å². The van der Waals surface area contributed by atoms with Crippen LogP contribution < -0.4 is 10.2 Å². The predicted molar refractivity (Wildman–Crippen MR) is 126 cm³/mol. The molecule has 3 aromatic rings. The van der Waals surface area contributed by atoms with Crippen LogP contribution in [-0.2, 0) is 4.74 Å². The van der Waals surface area contributed by atoms with Crippen molar-refractivity contribution in [3.8, 4) is 16.9 Å². The van der Waals surface area contributed by atoms with Crippen LogP contribution in [0.25, 0.3) is 22.0 Å². The molecule has 0 radical (unpaired) electrons. The molecule has 1 atom stereocenters. The zero-order chi connectivity index (χ0) is 21.5. The molecule has 0 saturated carbocycles. The van der Waals surface area contributed by atoms with Crippen molar-refractivity contribution in [3.63, 3.8) is 0 Å². The van der Waals surface area contributed by atoms with Gasteiger partial charge in [-0.3, -0.25) is 0 Å². The Kier molecular flexibility index (Phi) is 5.40. The first-order chi connectivity index (χ1) is 14.2. The highest BCUT2D eigenvalue weighted by atomic mass is 28.4. The van der Waals surface area contributed by atoms with Gasteiger partial charge >= 0.3 is 0 Å². The topological polar surface area (TPSA) is 62.3 Å². The molecule has 2 heterocycles. The third-order valence-corrected chi connectivity index (χ3v) is 10.9. The lowest BCUT2D eigenvalue weighted by atomic mass is 10.0. The van der Waals surface area contributed by atoms with Gasteiger partial charge in [-0.15, -0.1) is 0 Å². The lowest BCUT2D eigenvalue weighted by Gasteiger charge is -2.36. The number of aromatic nitrogens is 2. The Hall–Kier alpha value is -2.31. The second-order valence-electron chi connectivity index (χ2n) is 9.80. The lowest BCUT2D eigenvalue weighted by molar-refractivity contribution is -0.0366. The van der Waals surface area contributed by atoms with Gasteiger partial charge in [0.1, 0.15) is 5.75 Å². The predicted octanol–water partition coefficient (Wildman–Crippen LogP) is 6.37.